The van der Waals surface area contributed by atoms with Crippen molar-refractivity contribution in [1.82, 2.24) is 4.90 Å². The molecule has 2 nitrogen and oxygen atoms in total. The fraction of sp³-hybridized carbons (Fsp3) is 0.389. The molecule has 0 radical (unpaired) electrons. The lowest BCUT2D eigenvalue weighted by Gasteiger charge is -2.21. The van der Waals surface area contributed by atoms with Gasteiger partial charge in [0.15, 0.2) is 0 Å². The van der Waals surface area contributed by atoms with Gasteiger partial charge in [-0.05, 0) is 36.8 Å². The summed E-state index contributed by atoms with van der Waals surface area (Å²) in [4.78, 5) is 15.6. The maximum Gasteiger partial charge on any atom is 0.255 e. The summed E-state index contributed by atoms with van der Waals surface area (Å²) in [6.07, 6.45) is 3.19. The predicted octanol–water partition coefficient (Wildman–Crippen LogP) is 4.28. The van der Waals surface area contributed by atoms with E-state index in [2.05, 4.69) is 6.92 Å². The first-order chi connectivity index (χ1) is 10.6. The van der Waals surface area contributed by atoms with Crippen LogP contribution < -0.4 is 0 Å². The van der Waals surface area contributed by atoms with E-state index in [0.29, 0.717) is 18.0 Å². The van der Waals surface area contributed by atoms with E-state index in [0.717, 1.165) is 24.8 Å². The number of halogens is 1. The third-order valence-corrected chi connectivity index (χ3v) is 5.40. The van der Waals surface area contributed by atoms with E-state index in [1.165, 1.54) is 16.5 Å². The van der Waals surface area contributed by atoms with Crippen LogP contribution in [0, 0.1) is 11.7 Å². The number of carbonyl (C=O) groups excluding carboxylic acids is 1. The largest absolute Gasteiger partial charge is 0.337 e. The van der Waals surface area contributed by atoms with E-state index in [1.54, 1.807) is 41.5 Å². The average Bonchev–Trinajstić information content (AvgIpc) is 2.91. The van der Waals surface area contributed by atoms with Crippen molar-refractivity contribution in [3.63, 3.8) is 0 Å². The van der Waals surface area contributed by atoms with Gasteiger partial charge in [-0.15, -0.1) is 11.3 Å². The summed E-state index contributed by atoms with van der Waals surface area (Å²) < 4.78 is 13.7. The molecular formula is C18H20FNOS. The molecule has 0 N–H and O–H groups in total. The number of amides is 1. The van der Waals surface area contributed by atoms with Crippen LogP contribution in [0.15, 0.2) is 29.6 Å². The van der Waals surface area contributed by atoms with Crippen molar-refractivity contribution < 1.29 is 9.18 Å². The van der Waals surface area contributed by atoms with E-state index >= 15 is 0 Å². The standard InChI is InChI=1S/C18H20FNOS/c1-12-7-8-14-15(11-22-17(14)9-12)18(21)20(2)10-13-5-3-4-6-16(13)19/h3-6,11-12H,7-10H2,1-2H3. The number of carbonyl (C=O) groups is 1. The predicted molar refractivity (Wildman–Crippen MR) is 87.7 cm³/mol. The highest BCUT2D eigenvalue weighted by atomic mass is 32.1. The number of rotatable bonds is 3. The summed E-state index contributed by atoms with van der Waals surface area (Å²) >= 11 is 1.69. The monoisotopic (exact) mass is 317 g/mol. The first kappa shape index (κ1) is 15.2. The van der Waals surface area contributed by atoms with Crippen LogP contribution in [0.1, 0.15) is 39.7 Å². The van der Waals surface area contributed by atoms with Crippen molar-refractivity contribution in [2.45, 2.75) is 32.7 Å². The molecule has 1 aromatic carbocycles. The summed E-state index contributed by atoms with van der Waals surface area (Å²) in [6, 6.07) is 6.62. The summed E-state index contributed by atoms with van der Waals surface area (Å²) in [5.41, 5.74) is 2.58. The second-order valence-corrected chi connectivity index (χ2v) is 7.12. The van der Waals surface area contributed by atoms with Crippen LogP contribution in [0.5, 0.6) is 0 Å². The zero-order valence-electron chi connectivity index (χ0n) is 12.9. The van der Waals surface area contributed by atoms with Gasteiger partial charge in [-0.1, -0.05) is 25.1 Å². The van der Waals surface area contributed by atoms with Crippen molar-refractivity contribution in [2.75, 3.05) is 7.05 Å². The van der Waals surface area contributed by atoms with Crippen LogP contribution in [-0.2, 0) is 19.4 Å². The topological polar surface area (TPSA) is 20.3 Å². The molecule has 0 saturated carbocycles. The van der Waals surface area contributed by atoms with Crippen LogP contribution in [0.25, 0.3) is 0 Å². The molecule has 0 saturated heterocycles. The molecule has 1 amide bonds. The highest BCUT2D eigenvalue weighted by molar-refractivity contribution is 7.10. The zero-order valence-corrected chi connectivity index (χ0v) is 13.8. The van der Waals surface area contributed by atoms with Gasteiger partial charge in [0.25, 0.3) is 5.91 Å². The zero-order chi connectivity index (χ0) is 15.7. The minimum Gasteiger partial charge on any atom is -0.337 e. The number of benzene rings is 1. The highest BCUT2D eigenvalue weighted by Crippen LogP contribution is 2.33. The molecule has 1 unspecified atom stereocenters. The first-order valence-corrected chi connectivity index (χ1v) is 8.52. The summed E-state index contributed by atoms with van der Waals surface area (Å²) in [7, 11) is 1.74. The van der Waals surface area contributed by atoms with E-state index < -0.39 is 0 Å². The molecule has 22 heavy (non-hydrogen) atoms. The Bertz CT molecular complexity index is 694. The molecule has 1 heterocycles. The van der Waals surface area contributed by atoms with Crippen LogP contribution in [0.4, 0.5) is 4.39 Å². The maximum absolute atomic E-state index is 13.7. The lowest BCUT2D eigenvalue weighted by molar-refractivity contribution is 0.0783. The molecule has 3 rings (SSSR count). The third kappa shape index (κ3) is 2.93. The van der Waals surface area contributed by atoms with Gasteiger partial charge in [-0.2, -0.15) is 0 Å². The summed E-state index contributed by atoms with van der Waals surface area (Å²) in [6.45, 7) is 2.56. The van der Waals surface area contributed by atoms with Crippen LogP contribution in [0.3, 0.4) is 0 Å². The van der Waals surface area contributed by atoms with Gasteiger partial charge >= 0.3 is 0 Å². The fourth-order valence-electron chi connectivity index (χ4n) is 3.02. The van der Waals surface area contributed by atoms with Gasteiger partial charge < -0.3 is 4.90 Å². The normalized spacial score (nSPS) is 17.1. The van der Waals surface area contributed by atoms with E-state index in [4.69, 9.17) is 0 Å². The molecule has 2 aromatic rings. The first-order valence-electron chi connectivity index (χ1n) is 7.64. The number of hydrogen-bond donors (Lipinski definition) is 0. The van der Waals surface area contributed by atoms with Gasteiger partial charge in [0.05, 0.1) is 5.56 Å². The Morgan fingerprint density at radius 1 is 1.41 bits per heavy atom. The molecule has 0 fully saturated rings. The van der Waals surface area contributed by atoms with Crippen molar-refractivity contribution in [3.8, 4) is 0 Å². The molecule has 116 valence electrons. The van der Waals surface area contributed by atoms with Gasteiger partial charge in [0, 0.05) is 29.4 Å². The Kier molecular flexibility index (Phi) is 4.30. The van der Waals surface area contributed by atoms with Crippen LogP contribution in [0.2, 0.25) is 0 Å². The van der Waals surface area contributed by atoms with Crippen molar-refractivity contribution in [1.29, 1.82) is 0 Å². The SMILES string of the molecule is CC1CCc2c(C(=O)N(C)Cc3ccccc3F)csc2C1. The third-order valence-electron chi connectivity index (χ3n) is 4.34. The van der Waals surface area contributed by atoms with E-state index in [9.17, 15) is 9.18 Å². The van der Waals surface area contributed by atoms with E-state index in [1.807, 2.05) is 5.38 Å². The van der Waals surface area contributed by atoms with Crippen molar-refractivity contribution in [2.24, 2.45) is 5.92 Å². The number of hydrogen-bond acceptors (Lipinski definition) is 2. The van der Waals surface area contributed by atoms with Crippen LogP contribution in [-0.4, -0.2) is 17.9 Å². The molecule has 4 heteroatoms. The molecule has 1 atom stereocenters. The molecular weight excluding hydrogens is 297 g/mol. The van der Waals surface area contributed by atoms with Gasteiger partial charge in [0.2, 0.25) is 0 Å². The molecule has 0 spiro atoms. The molecule has 0 bridgehead atoms. The van der Waals surface area contributed by atoms with Gasteiger partial charge in [0.1, 0.15) is 5.82 Å². The molecule has 0 aliphatic heterocycles. The lowest BCUT2D eigenvalue weighted by atomic mass is 9.88. The second-order valence-electron chi connectivity index (χ2n) is 6.15. The Balaban J connectivity index is 1.78. The summed E-state index contributed by atoms with van der Waals surface area (Å²) in [5, 5.41) is 1.98. The number of thiophene rings is 1. The lowest BCUT2D eigenvalue weighted by Crippen LogP contribution is -2.27. The van der Waals surface area contributed by atoms with Gasteiger partial charge in [-0.25, -0.2) is 4.39 Å². The Morgan fingerprint density at radius 2 is 2.18 bits per heavy atom. The summed E-state index contributed by atoms with van der Waals surface area (Å²) in [5.74, 6) is 0.434. The Hall–Kier alpha value is -1.68. The van der Waals surface area contributed by atoms with Crippen LogP contribution >= 0.6 is 11.3 Å². The maximum atomic E-state index is 13.7. The van der Waals surface area contributed by atoms with Crippen molar-refractivity contribution >= 4 is 17.2 Å². The minimum absolute atomic E-state index is 0.00435. The second kappa shape index (κ2) is 6.21. The number of fused-ring (bicyclic) bond motifs is 1. The van der Waals surface area contributed by atoms with Crippen molar-refractivity contribution in [3.05, 3.63) is 57.0 Å². The molecule has 1 aliphatic rings. The molecule has 1 aromatic heterocycles. The number of nitrogens with zero attached hydrogens (tertiary/aromatic N) is 1. The van der Waals surface area contributed by atoms with Gasteiger partial charge in [-0.3, -0.25) is 4.79 Å². The highest BCUT2D eigenvalue weighted by Gasteiger charge is 2.25. The smallest absolute Gasteiger partial charge is 0.255 e. The Morgan fingerprint density at radius 3 is 2.95 bits per heavy atom. The fourth-order valence-corrected chi connectivity index (χ4v) is 4.25. The quantitative estimate of drug-likeness (QED) is 0.827. The Labute approximate surface area is 134 Å². The minimum atomic E-state index is -0.261. The average molecular weight is 317 g/mol. The van der Waals surface area contributed by atoms with E-state index in [-0.39, 0.29) is 11.7 Å². The molecule has 1 aliphatic carbocycles.